The fourth-order valence-corrected chi connectivity index (χ4v) is 3.85. The Kier molecular flexibility index (Phi) is 3.88. The molecule has 0 aliphatic heterocycles. The van der Waals surface area contributed by atoms with E-state index >= 15 is 0 Å². The van der Waals surface area contributed by atoms with Gasteiger partial charge in [0.05, 0.1) is 4.90 Å². The second-order valence-corrected chi connectivity index (χ2v) is 7.50. The summed E-state index contributed by atoms with van der Waals surface area (Å²) in [6.07, 6.45) is 1.15. The molecule has 1 heterocycles. The first-order chi connectivity index (χ1) is 10.5. The van der Waals surface area contributed by atoms with E-state index in [0.29, 0.717) is 5.56 Å². The number of rotatable bonds is 3. The molecule has 0 saturated carbocycles. The molecule has 0 N–H and O–H groups in total. The largest absolute Gasteiger partial charge is 0.442 e. The summed E-state index contributed by atoms with van der Waals surface area (Å²) in [5.41, 5.74) is 1.64. The summed E-state index contributed by atoms with van der Waals surface area (Å²) >= 11 is 3.40. The van der Waals surface area contributed by atoms with Crippen LogP contribution in [-0.2, 0) is 9.84 Å². The molecule has 22 heavy (non-hydrogen) atoms. The molecule has 3 aromatic rings. The van der Waals surface area contributed by atoms with Crippen molar-refractivity contribution in [2.45, 2.75) is 16.8 Å². The lowest BCUT2D eigenvalue weighted by Crippen LogP contribution is -2.04. The van der Waals surface area contributed by atoms with Crippen LogP contribution in [0.3, 0.4) is 0 Å². The van der Waals surface area contributed by atoms with E-state index in [-0.39, 0.29) is 15.7 Å². The molecule has 0 radical (unpaired) electrons. The summed E-state index contributed by atoms with van der Waals surface area (Å²) in [4.78, 5) is 4.12. The summed E-state index contributed by atoms with van der Waals surface area (Å²) in [7, 11) is -3.73. The highest BCUT2D eigenvalue weighted by Gasteiger charge is 2.27. The number of sulfone groups is 1. The maximum absolute atomic E-state index is 12.8. The van der Waals surface area contributed by atoms with Gasteiger partial charge in [0.15, 0.2) is 12.2 Å². The van der Waals surface area contributed by atoms with Crippen molar-refractivity contribution in [2.24, 2.45) is 0 Å². The number of hydrogen-bond acceptors (Lipinski definition) is 4. The highest BCUT2D eigenvalue weighted by atomic mass is 79.9. The van der Waals surface area contributed by atoms with E-state index in [0.717, 1.165) is 16.4 Å². The zero-order chi connectivity index (χ0) is 15.7. The van der Waals surface area contributed by atoms with Crippen molar-refractivity contribution in [1.29, 1.82) is 0 Å². The molecule has 112 valence electrons. The van der Waals surface area contributed by atoms with Crippen LogP contribution in [0.25, 0.3) is 11.3 Å². The maximum atomic E-state index is 12.8. The van der Waals surface area contributed by atoms with Crippen LogP contribution >= 0.6 is 15.9 Å². The van der Waals surface area contributed by atoms with Crippen LogP contribution < -0.4 is 0 Å². The molecule has 0 aliphatic carbocycles. The van der Waals surface area contributed by atoms with Gasteiger partial charge in [-0.3, -0.25) is 0 Å². The molecule has 3 rings (SSSR count). The van der Waals surface area contributed by atoms with E-state index in [1.807, 2.05) is 25.1 Å². The van der Waals surface area contributed by atoms with Crippen LogP contribution in [0.1, 0.15) is 5.56 Å². The molecular formula is C16H12BrNO3S. The zero-order valence-electron chi connectivity index (χ0n) is 11.7. The third kappa shape index (κ3) is 2.60. The lowest BCUT2D eigenvalue weighted by Gasteiger charge is -2.05. The third-order valence-corrected chi connectivity index (χ3v) is 5.62. The molecule has 4 nitrogen and oxygen atoms in total. The van der Waals surface area contributed by atoms with Gasteiger partial charge in [0.2, 0.25) is 14.9 Å². The molecule has 0 amide bonds. The molecule has 6 heteroatoms. The van der Waals surface area contributed by atoms with E-state index in [4.69, 9.17) is 4.42 Å². The molecule has 1 aromatic heterocycles. The predicted molar refractivity (Wildman–Crippen MR) is 86.3 cm³/mol. The summed E-state index contributed by atoms with van der Waals surface area (Å²) < 4.78 is 31.6. The van der Waals surface area contributed by atoms with Crippen molar-refractivity contribution < 1.29 is 12.8 Å². The van der Waals surface area contributed by atoms with Gasteiger partial charge >= 0.3 is 0 Å². The van der Waals surface area contributed by atoms with Gasteiger partial charge in [-0.05, 0) is 31.2 Å². The Labute approximate surface area is 136 Å². The van der Waals surface area contributed by atoms with Crippen molar-refractivity contribution in [2.75, 3.05) is 0 Å². The first-order valence-corrected chi connectivity index (χ1v) is 8.78. The number of benzene rings is 2. The minimum atomic E-state index is -3.73. The monoisotopic (exact) mass is 377 g/mol. The minimum absolute atomic E-state index is 0.0803. The van der Waals surface area contributed by atoms with Gasteiger partial charge in [-0.25, -0.2) is 13.4 Å². The molecule has 2 aromatic carbocycles. The van der Waals surface area contributed by atoms with Crippen molar-refractivity contribution >= 4 is 25.8 Å². The zero-order valence-corrected chi connectivity index (χ0v) is 14.1. The maximum Gasteiger partial charge on any atom is 0.227 e. The number of halogens is 1. The first-order valence-electron chi connectivity index (χ1n) is 6.50. The van der Waals surface area contributed by atoms with Crippen LogP contribution in [0.2, 0.25) is 0 Å². The number of oxazole rings is 1. The lowest BCUT2D eigenvalue weighted by atomic mass is 10.2. The predicted octanol–water partition coefficient (Wildman–Crippen LogP) is 4.25. The topological polar surface area (TPSA) is 60.2 Å². The van der Waals surface area contributed by atoms with Crippen molar-refractivity contribution in [1.82, 2.24) is 4.98 Å². The smallest absolute Gasteiger partial charge is 0.227 e. The molecule has 0 spiro atoms. The van der Waals surface area contributed by atoms with E-state index in [1.165, 1.54) is 0 Å². The number of aromatic nitrogens is 1. The molecule has 0 saturated heterocycles. The first kappa shape index (κ1) is 15.0. The molecular weight excluding hydrogens is 366 g/mol. The normalized spacial score (nSPS) is 11.5. The molecule has 0 fully saturated rings. The molecule has 0 aliphatic rings. The van der Waals surface area contributed by atoms with E-state index < -0.39 is 9.84 Å². The average Bonchev–Trinajstić information content (AvgIpc) is 2.98. The van der Waals surface area contributed by atoms with Crippen molar-refractivity contribution in [3.8, 4) is 11.3 Å². The van der Waals surface area contributed by atoms with Gasteiger partial charge in [-0.2, -0.15) is 0 Å². The van der Waals surface area contributed by atoms with Crippen LogP contribution in [0.4, 0.5) is 0 Å². The Morgan fingerprint density at radius 1 is 1.05 bits per heavy atom. The second kappa shape index (κ2) is 5.70. The van der Waals surface area contributed by atoms with E-state index in [1.54, 1.807) is 30.3 Å². The Hall–Kier alpha value is -1.92. The van der Waals surface area contributed by atoms with E-state index in [9.17, 15) is 8.42 Å². The van der Waals surface area contributed by atoms with E-state index in [2.05, 4.69) is 20.9 Å². The summed E-state index contributed by atoms with van der Waals surface area (Å²) in [6, 6.07) is 13.9. The lowest BCUT2D eigenvalue weighted by molar-refractivity contribution is 0.567. The third-order valence-electron chi connectivity index (χ3n) is 3.24. The van der Waals surface area contributed by atoms with Crippen LogP contribution in [-0.4, -0.2) is 13.4 Å². The Morgan fingerprint density at radius 3 is 2.41 bits per heavy atom. The highest BCUT2D eigenvalue weighted by Crippen LogP contribution is 2.34. The average molecular weight is 378 g/mol. The molecule has 0 unspecified atom stereocenters. The highest BCUT2D eigenvalue weighted by molar-refractivity contribution is 9.10. The van der Waals surface area contributed by atoms with Crippen LogP contribution in [0.5, 0.6) is 0 Å². The van der Waals surface area contributed by atoms with Crippen LogP contribution in [0.15, 0.2) is 73.7 Å². The van der Waals surface area contributed by atoms with Gasteiger partial charge in [-0.15, -0.1) is 0 Å². The number of aryl methyl sites for hydroxylation is 1. The SMILES string of the molecule is Cc1ccc(S(=O)(=O)c2ncoc2-c2ccccc2Br)cc1. The fraction of sp³-hybridized carbons (Fsp3) is 0.0625. The Morgan fingerprint density at radius 2 is 1.73 bits per heavy atom. The van der Waals surface area contributed by atoms with Crippen LogP contribution in [0, 0.1) is 6.92 Å². The van der Waals surface area contributed by atoms with Crippen molar-refractivity contribution in [3.05, 3.63) is 65.0 Å². The molecule has 0 bridgehead atoms. The Balaban J connectivity index is 2.16. The minimum Gasteiger partial charge on any atom is -0.442 e. The summed E-state index contributed by atoms with van der Waals surface area (Å²) in [5, 5.41) is -0.0803. The number of nitrogens with zero attached hydrogens (tertiary/aromatic N) is 1. The quantitative estimate of drug-likeness (QED) is 0.684. The van der Waals surface area contributed by atoms with Gasteiger partial charge in [0.25, 0.3) is 0 Å². The Bertz CT molecular complexity index is 915. The molecule has 0 atom stereocenters. The number of hydrogen-bond donors (Lipinski definition) is 0. The summed E-state index contributed by atoms with van der Waals surface area (Å²) in [5.74, 6) is 0.230. The van der Waals surface area contributed by atoms with Gasteiger partial charge in [0.1, 0.15) is 0 Å². The standard InChI is InChI=1S/C16H12BrNO3S/c1-11-6-8-12(9-7-11)22(19,20)16-15(21-10-18-16)13-4-2-3-5-14(13)17/h2-10H,1H3. The van der Waals surface area contributed by atoms with Gasteiger partial charge in [0, 0.05) is 10.0 Å². The van der Waals surface area contributed by atoms with Gasteiger partial charge < -0.3 is 4.42 Å². The fourth-order valence-electron chi connectivity index (χ4n) is 2.08. The van der Waals surface area contributed by atoms with Gasteiger partial charge in [-0.1, -0.05) is 45.8 Å². The second-order valence-electron chi connectivity index (χ2n) is 4.78. The van der Waals surface area contributed by atoms with Crippen molar-refractivity contribution in [3.63, 3.8) is 0 Å². The summed E-state index contributed by atoms with van der Waals surface area (Å²) in [6.45, 7) is 1.90.